The Labute approximate surface area is 194 Å². The molecule has 2 heterocycles. The average molecular weight is 456 g/mol. The Balaban J connectivity index is 1.77. The lowest BCUT2D eigenvalue weighted by Crippen LogP contribution is -2.50. The number of aryl methyl sites for hydroxylation is 1. The molecule has 1 aliphatic heterocycles. The third kappa shape index (κ3) is 5.16. The van der Waals surface area contributed by atoms with E-state index in [-0.39, 0.29) is 23.9 Å². The predicted molar refractivity (Wildman–Crippen MR) is 127 cm³/mol. The Morgan fingerprint density at radius 2 is 1.79 bits per heavy atom. The summed E-state index contributed by atoms with van der Waals surface area (Å²) in [5, 5.41) is 13.1. The summed E-state index contributed by atoms with van der Waals surface area (Å²) in [6.45, 7) is 8.42. The third-order valence-corrected chi connectivity index (χ3v) is 5.67. The van der Waals surface area contributed by atoms with Crippen molar-refractivity contribution in [2.75, 3.05) is 31.3 Å². The molecule has 178 valence electrons. The van der Waals surface area contributed by atoms with Crippen LogP contribution in [0.5, 0.6) is 0 Å². The number of hydrogen-bond acceptors (Lipinski definition) is 5. The van der Waals surface area contributed by atoms with E-state index in [1.54, 1.807) is 33.8 Å². The summed E-state index contributed by atoms with van der Waals surface area (Å²) in [7, 11) is 5.74. The number of carbonyl (C=O) groups excluding carboxylic acids is 3. The molecule has 1 aliphatic rings. The van der Waals surface area contributed by atoms with Gasteiger partial charge in [-0.3, -0.25) is 14.3 Å². The number of fused-ring (bicyclic) bond motifs is 1. The van der Waals surface area contributed by atoms with Crippen molar-refractivity contribution < 1.29 is 14.4 Å². The van der Waals surface area contributed by atoms with Gasteiger partial charge in [-0.2, -0.15) is 5.10 Å². The van der Waals surface area contributed by atoms with Crippen LogP contribution in [-0.2, 0) is 23.9 Å². The average Bonchev–Trinajstić information content (AvgIpc) is 3.15. The Hall–Kier alpha value is -3.40. The summed E-state index contributed by atoms with van der Waals surface area (Å²) in [6, 6.07) is 6.45. The van der Waals surface area contributed by atoms with Gasteiger partial charge in [-0.25, -0.2) is 4.79 Å². The second kappa shape index (κ2) is 9.22. The molecule has 0 bridgehead atoms. The maximum atomic E-state index is 13.0. The van der Waals surface area contributed by atoms with E-state index >= 15 is 0 Å². The Kier molecular flexibility index (Phi) is 6.78. The number of amides is 4. The zero-order valence-electron chi connectivity index (χ0n) is 20.3. The second-order valence-corrected chi connectivity index (χ2v) is 9.27. The predicted octanol–water partition coefficient (Wildman–Crippen LogP) is 2.34. The number of nitrogens with one attached hydrogen (secondary N) is 3. The molecule has 0 spiro atoms. The summed E-state index contributed by atoms with van der Waals surface area (Å²) >= 11 is 0. The standard InChI is InChI=1S/C23H33N7O3/c1-14(12-28(5)6)24-22(33)30-13-18-19(23(30,3)4)29(7)27-20(18)26-21(32)16-8-10-17(11-9-16)25-15(2)31/h8-11,14H,12-13H2,1-7H3,(H,24,33)(H,25,31)(H,26,27,32). The number of rotatable bonds is 6. The van der Waals surface area contributed by atoms with E-state index in [9.17, 15) is 14.4 Å². The quantitative estimate of drug-likeness (QED) is 0.619. The molecule has 3 N–H and O–H groups in total. The second-order valence-electron chi connectivity index (χ2n) is 9.27. The summed E-state index contributed by atoms with van der Waals surface area (Å²) in [5.74, 6) is -0.0534. The monoisotopic (exact) mass is 455 g/mol. The molecule has 1 atom stereocenters. The van der Waals surface area contributed by atoms with Crippen LogP contribution < -0.4 is 16.0 Å². The van der Waals surface area contributed by atoms with Gasteiger partial charge in [0.15, 0.2) is 5.82 Å². The Bertz CT molecular complexity index is 1060. The molecule has 1 unspecified atom stereocenters. The van der Waals surface area contributed by atoms with Crippen LogP contribution in [0, 0.1) is 0 Å². The van der Waals surface area contributed by atoms with Gasteiger partial charge in [0.1, 0.15) is 0 Å². The molecule has 0 saturated carbocycles. The third-order valence-electron chi connectivity index (χ3n) is 5.67. The molecule has 10 nitrogen and oxygen atoms in total. The molecule has 0 aliphatic carbocycles. The van der Waals surface area contributed by atoms with E-state index in [1.807, 2.05) is 46.8 Å². The molecule has 1 aromatic carbocycles. The van der Waals surface area contributed by atoms with Crippen LogP contribution >= 0.6 is 0 Å². The van der Waals surface area contributed by atoms with E-state index in [0.29, 0.717) is 23.6 Å². The van der Waals surface area contributed by atoms with E-state index in [1.165, 1.54) is 6.92 Å². The Morgan fingerprint density at radius 3 is 2.36 bits per heavy atom. The fourth-order valence-corrected chi connectivity index (χ4v) is 4.36. The molecule has 4 amide bonds. The molecule has 3 rings (SSSR count). The van der Waals surface area contributed by atoms with Gasteiger partial charge < -0.3 is 25.8 Å². The van der Waals surface area contributed by atoms with Gasteiger partial charge in [0, 0.05) is 43.4 Å². The minimum atomic E-state index is -0.595. The van der Waals surface area contributed by atoms with Gasteiger partial charge in [-0.1, -0.05) is 0 Å². The molecular formula is C23H33N7O3. The van der Waals surface area contributed by atoms with Crippen molar-refractivity contribution in [1.82, 2.24) is 24.9 Å². The Morgan fingerprint density at radius 1 is 1.15 bits per heavy atom. The number of nitrogens with zero attached hydrogens (tertiary/aromatic N) is 4. The molecular weight excluding hydrogens is 422 g/mol. The van der Waals surface area contributed by atoms with Crippen LogP contribution in [0.2, 0.25) is 0 Å². The normalized spacial score (nSPS) is 15.2. The van der Waals surface area contributed by atoms with E-state index in [4.69, 9.17) is 0 Å². The van der Waals surface area contributed by atoms with Crippen LogP contribution in [0.15, 0.2) is 24.3 Å². The van der Waals surface area contributed by atoms with Crippen molar-refractivity contribution in [2.24, 2.45) is 7.05 Å². The number of urea groups is 1. The highest BCUT2D eigenvalue weighted by Gasteiger charge is 2.45. The minimum absolute atomic E-state index is 0.00947. The lowest BCUT2D eigenvalue weighted by Gasteiger charge is -2.34. The number of anilines is 2. The zero-order chi connectivity index (χ0) is 24.5. The number of aromatic nitrogens is 2. The first-order valence-electron chi connectivity index (χ1n) is 10.9. The molecule has 0 radical (unpaired) electrons. The van der Waals surface area contributed by atoms with Crippen molar-refractivity contribution >= 4 is 29.4 Å². The van der Waals surface area contributed by atoms with Gasteiger partial charge in [0.2, 0.25) is 5.91 Å². The van der Waals surface area contributed by atoms with Crippen molar-refractivity contribution in [3.63, 3.8) is 0 Å². The fraction of sp³-hybridized carbons (Fsp3) is 0.478. The number of carbonyl (C=O) groups is 3. The first kappa shape index (κ1) is 24.2. The van der Waals surface area contributed by atoms with Crippen LogP contribution in [-0.4, -0.2) is 64.1 Å². The van der Waals surface area contributed by atoms with Crippen molar-refractivity contribution in [3.8, 4) is 0 Å². The molecule has 33 heavy (non-hydrogen) atoms. The van der Waals surface area contributed by atoms with Crippen LogP contribution in [0.25, 0.3) is 0 Å². The lowest BCUT2D eigenvalue weighted by atomic mass is 10.0. The van der Waals surface area contributed by atoms with E-state index < -0.39 is 5.54 Å². The van der Waals surface area contributed by atoms with Gasteiger partial charge in [0.25, 0.3) is 5.91 Å². The molecule has 2 aromatic rings. The molecule has 10 heteroatoms. The molecule has 0 fully saturated rings. The highest BCUT2D eigenvalue weighted by atomic mass is 16.2. The van der Waals surface area contributed by atoms with Crippen LogP contribution in [0.4, 0.5) is 16.3 Å². The maximum absolute atomic E-state index is 13.0. The lowest BCUT2D eigenvalue weighted by molar-refractivity contribution is -0.114. The van der Waals surface area contributed by atoms with Crippen molar-refractivity contribution in [1.29, 1.82) is 0 Å². The fourth-order valence-electron chi connectivity index (χ4n) is 4.36. The van der Waals surface area contributed by atoms with Gasteiger partial charge in [-0.05, 0) is 59.1 Å². The smallest absolute Gasteiger partial charge is 0.318 e. The zero-order valence-corrected chi connectivity index (χ0v) is 20.3. The number of benzene rings is 1. The van der Waals surface area contributed by atoms with Gasteiger partial charge in [-0.15, -0.1) is 0 Å². The molecule has 0 saturated heterocycles. The van der Waals surface area contributed by atoms with E-state index in [0.717, 1.165) is 17.8 Å². The summed E-state index contributed by atoms with van der Waals surface area (Å²) in [6.07, 6.45) is 0. The summed E-state index contributed by atoms with van der Waals surface area (Å²) in [5.41, 5.74) is 2.16. The minimum Gasteiger partial charge on any atom is -0.334 e. The van der Waals surface area contributed by atoms with E-state index in [2.05, 4.69) is 21.0 Å². The van der Waals surface area contributed by atoms with Crippen LogP contribution in [0.1, 0.15) is 49.3 Å². The van der Waals surface area contributed by atoms with Gasteiger partial charge in [0.05, 0.1) is 17.8 Å². The first-order valence-corrected chi connectivity index (χ1v) is 10.9. The van der Waals surface area contributed by atoms with Gasteiger partial charge >= 0.3 is 6.03 Å². The maximum Gasteiger partial charge on any atom is 0.318 e. The summed E-state index contributed by atoms with van der Waals surface area (Å²) in [4.78, 5) is 40.9. The first-order chi connectivity index (χ1) is 15.4. The highest BCUT2D eigenvalue weighted by molar-refractivity contribution is 6.04. The van der Waals surface area contributed by atoms with Crippen molar-refractivity contribution in [2.45, 2.75) is 45.8 Å². The largest absolute Gasteiger partial charge is 0.334 e. The SMILES string of the molecule is CC(=O)Nc1ccc(C(=O)Nc2nn(C)c3c2CN(C(=O)NC(C)CN(C)C)C3(C)C)cc1. The number of hydrogen-bond donors (Lipinski definition) is 3. The molecule has 1 aromatic heterocycles. The topological polar surface area (TPSA) is 112 Å². The van der Waals surface area contributed by atoms with Crippen LogP contribution in [0.3, 0.4) is 0 Å². The highest BCUT2D eigenvalue weighted by Crippen LogP contribution is 2.41. The van der Waals surface area contributed by atoms with Crippen molar-refractivity contribution in [3.05, 3.63) is 41.1 Å². The number of likely N-dealkylation sites (N-methyl/N-ethyl adjacent to an activating group) is 1. The summed E-state index contributed by atoms with van der Waals surface area (Å²) < 4.78 is 1.72.